The number of allylic oxidation sites excluding steroid dienone is 2. The smallest absolute Gasteiger partial charge is 0.340 e. The van der Waals surface area contributed by atoms with Crippen molar-refractivity contribution in [3.05, 3.63) is 11.6 Å². The van der Waals surface area contributed by atoms with Gasteiger partial charge in [0.1, 0.15) is 220 Å². The number of rotatable bonds is 26. The van der Waals surface area contributed by atoms with Crippen LogP contribution >= 0.6 is 0 Å². The fourth-order valence-corrected chi connectivity index (χ4v) is 25.3. The summed E-state index contributed by atoms with van der Waals surface area (Å²) in [6.45, 7) is 11.1. The third-order valence-electron chi connectivity index (χ3n) is 34.4. The lowest BCUT2D eigenvalue weighted by Gasteiger charge is -2.71. The minimum Gasteiger partial charge on any atom is -0.432 e. The van der Waals surface area contributed by atoms with Crippen LogP contribution in [0.25, 0.3) is 0 Å². The summed E-state index contributed by atoms with van der Waals surface area (Å²) in [4.78, 5) is 46.1. The van der Waals surface area contributed by atoms with Crippen molar-refractivity contribution >= 4 is 18.2 Å². The predicted octanol–water partition coefficient (Wildman–Crippen LogP) is -12.9. The number of ether oxygens (including phenoxy) is 22. The molecule has 0 amide bonds. The summed E-state index contributed by atoms with van der Waals surface area (Å²) in [5.41, 5.74) is -4.54. The standard InChI is InChI=1S/C92H146O53/c1-29-44(100)50(106)57(113)79(128-29)141-71-62(118)67(137-80-61(117)54(110)66(30(2)129-80)136-77-64(120)69(36(99)25-125-77)139-78-65(121)68(35(98)26-126-78)138-75-55(111)45(101)34(97)24-124-75)31(3)130-84(71)145-86(123)92-18-16-87(4,5)20-33(92)32-10-11-42-88(6)14-13-43(89(7,28-96)41(88)12-15-91(42,9)90(32,8)17-19-92)135-85-72(142-82-59(115)52(108)47(103)38(22-94)132-82)63(119)70(73(143-85)74(122)144-83-60(116)53(109)48(104)39(23-95)133-83)140-76-56(112)49(105)40(27-127-76)134-81-58(114)51(107)46(102)37(21-93)131-81/h10,28-31,33-73,75-85,93-95,97-121H,11-27H2,1-9H3/t29-,30-,31+,33-,34+,35+,36+,37+,38+,39+,40-,41+,42+,43-,44-,45-,46-,47-,48-,49-,50+,51-,52-,53-,54-,55+,56+,57+,58+,59+,60+,61+,62-,63-,64+,65+,66-,67-,68-,69-,70-,71+,72+,73-,75-,76-,77-,78-,79-,80-,81-,82-,83-,84-,85+,88-,89-,90+,91+,92-/m0/s1. The van der Waals surface area contributed by atoms with Crippen molar-refractivity contribution < 1.29 is 262 Å². The first-order valence-corrected chi connectivity index (χ1v) is 49.6. The van der Waals surface area contributed by atoms with Gasteiger partial charge in [-0.2, -0.15) is 0 Å². The molecular formula is C92H146O53. The van der Waals surface area contributed by atoms with Crippen molar-refractivity contribution in [2.45, 2.75) is 446 Å². The number of carbonyl (C=O) groups excluding carboxylic acids is 3. The highest BCUT2D eigenvalue weighted by molar-refractivity contribution is 5.79. The van der Waals surface area contributed by atoms with E-state index in [9.17, 15) is 148 Å². The Morgan fingerprint density at radius 3 is 1.32 bits per heavy atom. The quantitative estimate of drug-likeness (QED) is 0.0165. The molecule has 16 aliphatic rings. The molecule has 60 atom stereocenters. The van der Waals surface area contributed by atoms with Gasteiger partial charge in [0.15, 0.2) is 68.8 Å². The van der Waals surface area contributed by atoms with Crippen LogP contribution in [0.1, 0.15) is 127 Å². The van der Waals surface area contributed by atoms with Gasteiger partial charge in [-0.1, -0.05) is 53.2 Å². The van der Waals surface area contributed by atoms with Crippen LogP contribution in [0.4, 0.5) is 0 Å². The van der Waals surface area contributed by atoms with Crippen LogP contribution < -0.4 is 0 Å². The van der Waals surface area contributed by atoms with Crippen LogP contribution in [0.5, 0.6) is 0 Å². The molecule has 11 aliphatic heterocycles. The van der Waals surface area contributed by atoms with Crippen LogP contribution in [0.3, 0.4) is 0 Å². The van der Waals surface area contributed by atoms with Gasteiger partial charge in [-0.25, -0.2) is 4.79 Å². The monoisotopic (exact) mass is 2100 g/mol. The van der Waals surface area contributed by atoms with E-state index in [0.29, 0.717) is 38.5 Å². The molecule has 4 saturated carbocycles. The summed E-state index contributed by atoms with van der Waals surface area (Å²) < 4.78 is 132. The fraction of sp³-hybridized carbons (Fsp3) is 0.946. The lowest BCUT2D eigenvalue weighted by molar-refractivity contribution is -0.391. The molecule has 0 aromatic heterocycles. The molecular weight excluding hydrogens is 1950 g/mol. The van der Waals surface area contributed by atoms with Crippen LogP contribution in [-0.4, -0.2) is 527 Å². The summed E-state index contributed by atoms with van der Waals surface area (Å²) >= 11 is 0. The molecule has 145 heavy (non-hydrogen) atoms. The van der Waals surface area contributed by atoms with Crippen molar-refractivity contribution in [1.29, 1.82) is 0 Å². The molecule has 53 nitrogen and oxygen atoms in total. The number of aliphatic hydroxyl groups is 28. The molecule has 16 rings (SSSR count). The van der Waals surface area contributed by atoms with Crippen LogP contribution in [-0.2, 0) is 119 Å². The first-order chi connectivity index (χ1) is 68.3. The maximum atomic E-state index is 16.2. The van der Waals surface area contributed by atoms with E-state index in [1.807, 2.05) is 0 Å². The number of hydrogen-bond acceptors (Lipinski definition) is 53. The Balaban J connectivity index is 0.632. The number of aliphatic hydroxyl groups excluding tert-OH is 28. The molecule has 832 valence electrons. The molecule has 5 aliphatic carbocycles. The Bertz CT molecular complexity index is 4340. The van der Waals surface area contributed by atoms with Gasteiger partial charge in [0.2, 0.25) is 12.6 Å². The molecule has 0 spiro atoms. The van der Waals surface area contributed by atoms with Gasteiger partial charge in [0.05, 0.1) is 81.5 Å². The van der Waals surface area contributed by atoms with Crippen molar-refractivity contribution in [3.8, 4) is 0 Å². The van der Waals surface area contributed by atoms with Gasteiger partial charge in [0.25, 0.3) is 0 Å². The largest absolute Gasteiger partial charge is 0.432 e. The fourth-order valence-electron chi connectivity index (χ4n) is 25.3. The molecule has 0 radical (unpaired) electrons. The lowest BCUT2D eigenvalue weighted by atomic mass is 9.33. The maximum Gasteiger partial charge on any atom is 0.340 e. The maximum absolute atomic E-state index is 16.2. The highest BCUT2D eigenvalue weighted by Crippen LogP contribution is 2.76. The molecule has 11 heterocycles. The minimum absolute atomic E-state index is 0.0224. The summed E-state index contributed by atoms with van der Waals surface area (Å²) in [5, 5.41) is 311. The third-order valence-corrected chi connectivity index (χ3v) is 34.4. The predicted molar refractivity (Wildman–Crippen MR) is 464 cm³/mol. The zero-order chi connectivity index (χ0) is 105. The Hall–Kier alpha value is -3.57. The molecule has 28 N–H and O–H groups in total. The average Bonchev–Trinajstić information content (AvgIpc) is 0.671. The van der Waals surface area contributed by atoms with Gasteiger partial charge in [-0.15, -0.1) is 0 Å². The van der Waals surface area contributed by atoms with Gasteiger partial charge in [0, 0.05) is 0 Å². The Morgan fingerprint density at radius 2 is 0.772 bits per heavy atom. The molecule has 0 aromatic carbocycles. The normalized spacial score (nSPS) is 55.0. The summed E-state index contributed by atoms with van der Waals surface area (Å²) in [6, 6.07) is 0. The average molecular weight is 2100 g/mol. The highest BCUT2D eigenvalue weighted by Gasteiger charge is 2.73. The second-order valence-corrected chi connectivity index (χ2v) is 43.8. The van der Waals surface area contributed by atoms with Crippen LogP contribution in [0.2, 0.25) is 0 Å². The van der Waals surface area contributed by atoms with Crippen molar-refractivity contribution in [3.63, 3.8) is 0 Å². The van der Waals surface area contributed by atoms with Gasteiger partial charge in [-0.05, 0) is 124 Å². The first kappa shape index (κ1) is 114. The van der Waals surface area contributed by atoms with Gasteiger partial charge >= 0.3 is 11.9 Å². The number of fused-ring (bicyclic) bond motifs is 7. The highest BCUT2D eigenvalue weighted by atomic mass is 16.8. The number of esters is 2. The van der Waals surface area contributed by atoms with E-state index >= 15 is 9.59 Å². The van der Waals surface area contributed by atoms with Crippen molar-refractivity contribution in [2.24, 2.45) is 50.2 Å². The zero-order valence-corrected chi connectivity index (χ0v) is 81.2. The van der Waals surface area contributed by atoms with E-state index in [2.05, 4.69) is 40.7 Å². The summed E-state index contributed by atoms with van der Waals surface area (Å²) in [5.74, 6) is -3.85. The zero-order valence-electron chi connectivity index (χ0n) is 81.2. The molecule has 11 saturated heterocycles. The SMILES string of the molecule is C[C@@H]1O[C@@H](O[C@H]2[C@H](OC(=O)[C@]34CCC(C)(C)C[C@H]3C3=CC[C@@H]5[C@@]6(C)CC[C@H](O[C@@H]7O[C@H](C(=O)O[C@@H]8O[C@H](CO)[C@H](O)[C@H](O)[C@H]8O)[C@@H](O[C@@H]8OC[C@H](O[C@@H]9O[C@H](CO)[C@H](O)[C@H](O)[C@H]9O)[C@H](O)[C@H]8O)[C@H](O)[C@H]7O[C@@H]7O[C@H](CO)[C@H](O)[C@H](O)[C@H]7O)[C@@](C)(C=O)[C@@H]6CC[C@@]5(C)[C@]3(C)CC4)O[C@H](C)[C@H](O[C@@H]3O[C@@H](C)[C@H](O[C@@H]4OC[C@@H](O)[C@H](O[C@@H]5OC[C@@H](O)[C@H](O[C@@H]6OC[C@@H](O)[C@H](O)[C@H]6O)[C@H]5O)[C@H]4O)[C@@H](O)[C@H]3O)[C@@H]2O)[C@H](O)[C@H](O)[C@H]1O. The van der Waals surface area contributed by atoms with Gasteiger partial charge in [-0.3, -0.25) is 4.79 Å². The topological polar surface area (TPSA) is 821 Å². The van der Waals surface area contributed by atoms with E-state index in [4.69, 9.17) is 104 Å². The van der Waals surface area contributed by atoms with Crippen molar-refractivity contribution in [1.82, 2.24) is 0 Å². The molecule has 53 heteroatoms. The van der Waals surface area contributed by atoms with Crippen LogP contribution in [0.15, 0.2) is 11.6 Å². The number of carbonyl (C=O) groups is 3. The van der Waals surface area contributed by atoms with E-state index in [1.165, 1.54) is 20.8 Å². The second-order valence-electron chi connectivity index (χ2n) is 43.8. The molecule has 0 bridgehead atoms. The molecule has 15 fully saturated rings. The second kappa shape index (κ2) is 44.6. The Labute approximate surface area is 830 Å². The third kappa shape index (κ3) is 20.9. The van der Waals surface area contributed by atoms with Crippen LogP contribution in [0, 0.1) is 50.2 Å². The molecule has 0 unspecified atom stereocenters. The van der Waals surface area contributed by atoms with Gasteiger partial charge < -0.3 is 252 Å². The lowest BCUT2D eigenvalue weighted by Crippen LogP contribution is -2.69. The Morgan fingerprint density at radius 1 is 0.352 bits per heavy atom. The van der Waals surface area contributed by atoms with E-state index in [1.54, 1.807) is 6.92 Å². The van der Waals surface area contributed by atoms with Crippen molar-refractivity contribution in [2.75, 3.05) is 46.2 Å². The van der Waals surface area contributed by atoms with E-state index in [-0.39, 0.29) is 31.6 Å². The minimum atomic E-state index is -2.47. The molecule has 0 aromatic rings. The first-order valence-electron chi connectivity index (χ1n) is 49.6. The Kier molecular flexibility index (Phi) is 35.1. The van der Waals surface area contributed by atoms with E-state index < -0.39 is 422 Å². The summed E-state index contributed by atoms with van der Waals surface area (Å²) in [7, 11) is 0. The number of aldehydes is 1. The number of hydrogen-bond donors (Lipinski definition) is 28. The van der Waals surface area contributed by atoms with E-state index in [0.717, 1.165) is 11.9 Å². The summed E-state index contributed by atoms with van der Waals surface area (Å²) in [6.07, 6.45) is -92.2.